The van der Waals surface area contributed by atoms with Crippen LogP contribution < -0.4 is 5.32 Å². The number of anilines is 1. The molecule has 0 radical (unpaired) electrons. The van der Waals surface area contributed by atoms with Crippen LogP contribution in [-0.4, -0.2) is 40.4 Å². The second-order valence-electron chi connectivity index (χ2n) is 7.43. The average molecular weight is 383 g/mol. The van der Waals surface area contributed by atoms with Crippen LogP contribution in [0.1, 0.15) is 25.5 Å². The molecule has 8 nitrogen and oxygen atoms in total. The third-order valence-corrected chi connectivity index (χ3v) is 5.10. The van der Waals surface area contributed by atoms with Gasteiger partial charge in [0.05, 0.1) is 23.2 Å². The smallest absolute Gasteiger partial charge is 0.324 e. The summed E-state index contributed by atoms with van der Waals surface area (Å²) < 4.78 is 11.7. The SMILES string of the molecule is CC1(C)O[C@@H]1[C@@H]1OC[C@H](c2ccccc2)N1C(=O)Nc1ccc([N+](=O)[O-])cc1. The van der Waals surface area contributed by atoms with Gasteiger partial charge >= 0.3 is 6.03 Å². The number of carbonyl (C=O) groups excluding carboxylic acids is 1. The third kappa shape index (κ3) is 3.44. The number of amides is 2. The summed E-state index contributed by atoms with van der Waals surface area (Å²) in [6, 6.07) is 14.8. The number of hydrogen-bond donors (Lipinski definition) is 1. The second kappa shape index (κ2) is 6.88. The second-order valence-corrected chi connectivity index (χ2v) is 7.43. The molecule has 0 aromatic heterocycles. The summed E-state index contributed by atoms with van der Waals surface area (Å²) in [5.41, 5.74) is 1.07. The molecule has 8 heteroatoms. The van der Waals surface area contributed by atoms with Gasteiger partial charge < -0.3 is 14.8 Å². The minimum absolute atomic E-state index is 0.0318. The van der Waals surface area contributed by atoms with Gasteiger partial charge in [0.25, 0.3) is 5.69 Å². The average Bonchev–Trinajstić information content (AvgIpc) is 3.12. The number of carbonyl (C=O) groups is 1. The first-order chi connectivity index (χ1) is 13.4. The molecule has 0 spiro atoms. The van der Waals surface area contributed by atoms with Crippen molar-refractivity contribution >= 4 is 17.4 Å². The van der Waals surface area contributed by atoms with Gasteiger partial charge in [-0.15, -0.1) is 0 Å². The maximum absolute atomic E-state index is 13.1. The highest BCUT2D eigenvalue weighted by atomic mass is 16.6. The lowest BCUT2D eigenvalue weighted by Gasteiger charge is -2.28. The number of nitrogens with zero attached hydrogens (tertiary/aromatic N) is 2. The van der Waals surface area contributed by atoms with Crippen molar-refractivity contribution in [3.63, 3.8) is 0 Å². The van der Waals surface area contributed by atoms with E-state index in [2.05, 4.69) is 5.32 Å². The third-order valence-electron chi connectivity index (χ3n) is 5.10. The topological polar surface area (TPSA) is 97.2 Å². The first-order valence-corrected chi connectivity index (χ1v) is 9.05. The summed E-state index contributed by atoms with van der Waals surface area (Å²) in [6.07, 6.45) is -0.706. The van der Waals surface area contributed by atoms with Gasteiger partial charge in [-0.05, 0) is 31.5 Å². The summed E-state index contributed by atoms with van der Waals surface area (Å²) in [6.45, 7) is 4.30. The molecule has 2 amide bonds. The van der Waals surface area contributed by atoms with Gasteiger partial charge in [-0.2, -0.15) is 0 Å². The zero-order valence-corrected chi connectivity index (χ0v) is 15.6. The van der Waals surface area contributed by atoms with Crippen molar-refractivity contribution in [1.29, 1.82) is 0 Å². The van der Waals surface area contributed by atoms with E-state index >= 15 is 0 Å². The van der Waals surface area contributed by atoms with E-state index in [9.17, 15) is 14.9 Å². The molecule has 28 heavy (non-hydrogen) atoms. The molecule has 2 aromatic rings. The number of nitrogens with one attached hydrogen (secondary N) is 1. The lowest BCUT2D eigenvalue weighted by atomic mass is 10.1. The number of benzene rings is 2. The maximum Gasteiger partial charge on any atom is 0.324 e. The zero-order valence-electron chi connectivity index (χ0n) is 15.6. The van der Waals surface area contributed by atoms with Crippen LogP contribution in [-0.2, 0) is 9.47 Å². The van der Waals surface area contributed by atoms with Crippen LogP contribution in [0.15, 0.2) is 54.6 Å². The van der Waals surface area contributed by atoms with E-state index in [4.69, 9.17) is 9.47 Å². The largest absolute Gasteiger partial charge is 0.362 e. The minimum atomic E-state index is -0.502. The first-order valence-electron chi connectivity index (χ1n) is 9.05. The normalized spacial score (nSPS) is 25.4. The molecule has 0 saturated carbocycles. The van der Waals surface area contributed by atoms with Gasteiger partial charge in [0.1, 0.15) is 6.10 Å². The fraction of sp³-hybridized carbons (Fsp3) is 0.350. The molecule has 2 saturated heterocycles. The fourth-order valence-corrected chi connectivity index (χ4v) is 3.50. The molecule has 2 aliphatic heterocycles. The predicted molar refractivity (Wildman–Crippen MR) is 102 cm³/mol. The maximum atomic E-state index is 13.1. The van der Waals surface area contributed by atoms with Gasteiger partial charge in [-0.25, -0.2) is 4.79 Å². The van der Waals surface area contributed by atoms with Crippen molar-refractivity contribution in [1.82, 2.24) is 4.90 Å². The number of nitro benzene ring substituents is 1. The van der Waals surface area contributed by atoms with Crippen molar-refractivity contribution in [3.8, 4) is 0 Å². The highest BCUT2D eigenvalue weighted by Crippen LogP contribution is 2.45. The fourth-order valence-electron chi connectivity index (χ4n) is 3.50. The Morgan fingerprint density at radius 1 is 1.18 bits per heavy atom. The molecule has 0 unspecified atom stereocenters. The predicted octanol–water partition coefficient (Wildman–Crippen LogP) is 3.70. The van der Waals surface area contributed by atoms with Crippen molar-refractivity contribution in [3.05, 3.63) is 70.3 Å². The Morgan fingerprint density at radius 3 is 2.39 bits per heavy atom. The van der Waals surface area contributed by atoms with E-state index in [1.54, 1.807) is 4.90 Å². The van der Waals surface area contributed by atoms with Crippen LogP contribution in [0.4, 0.5) is 16.2 Å². The van der Waals surface area contributed by atoms with Crippen molar-refractivity contribution in [2.45, 2.75) is 37.8 Å². The molecule has 146 valence electrons. The summed E-state index contributed by atoms with van der Waals surface area (Å²) in [4.78, 5) is 25.1. The molecule has 2 heterocycles. The van der Waals surface area contributed by atoms with Crippen LogP contribution >= 0.6 is 0 Å². The number of epoxide rings is 1. The minimum Gasteiger partial charge on any atom is -0.362 e. The van der Waals surface area contributed by atoms with Gasteiger partial charge in [-0.3, -0.25) is 15.0 Å². The molecule has 2 fully saturated rings. The summed E-state index contributed by atoms with van der Waals surface area (Å²) >= 11 is 0. The van der Waals surface area contributed by atoms with E-state index in [1.807, 2.05) is 44.2 Å². The number of hydrogen-bond acceptors (Lipinski definition) is 5. The monoisotopic (exact) mass is 383 g/mol. The summed E-state index contributed by atoms with van der Waals surface area (Å²) in [7, 11) is 0. The first kappa shape index (κ1) is 18.4. The molecule has 2 aliphatic rings. The summed E-state index contributed by atoms with van der Waals surface area (Å²) in [5.74, 6) is 0. The Balaban J connectivity index is 1.57. The number of non-ortho nitro benzene ring substituents is 1. The molecule has 0 bridgehead atoms. The number of nitro groups is 1. The van der Waals surface area contributed by atoms with Crippen LogP contribution in [0, 0.1) is 10.1 Å². The standard InChI is InChI=1S/C20H21N3O5/c1-20(2)17(28-20)18-22(16(12-27-18)13-6-4-3-5-7-13)19(24)21-14-8-10-15(11-9-14)23(25)26/h3-11,16-18H,12H2,1-2H3,(H,21,24)/t16-,17-,18+/m1/s1. The molecular formula is C20H21N3O5. The zero-order chi connectivity index (χ0) is 19.9. The Morgan fingerprint density at radius 2 is 1.82 bits per heavy atom. The van der Waals surface area contributed by atoms with Gasteiger partial charge in [0, 0.05) is 17.8 Å². The molecule has 0 aliphatic carbocycles. The molecular weight excluding hydrogens is 362 g/mol. The van der Waals surface area contributed by atoms with Crippen LogP contribution in [0.2, 0.25) is 0 Å². The summed E-state index contributed by atoms with van der Waals surface area (Å²) in [5, 5.41) is 13.6. The van der Waals surface area contributed by atoms with Crippen molar-refractivity contribution in [2.75, 3.05) is 11.9 Å². The Kier molecular flexibility index (Phi) is 4.52. The lowest BCUT2D eigenvalue weighted by Crippen LogP contribution is -2.44. The number of ether oxygens (including phenoxy) is 2. The Hall–Kier alpha value is -2.97. The highest BCUT2D eigenvalue weighted by molar-refractivity contribution is 5.90. The van der Waals surface area contributed by atoms with E-state index in [-0.39, 0.29) is 29.5 Å². The van der Waals surface area contributed by atoms with E-state index in [0.29, 0.717) is 12.3 Å². The number of urea groups is 1. The van der Waals surface area contributed by atoms with Gasteiger partial charge in [0.2, 0.25) is 0 Å². The quantitative estimate of drug-likeness (QED) is 0.493. The van der Waals surface area contributed by atoms with Crippen LogP contribution in [0.3, 0.4) is 0 Å². The number of rotatable bonds is 4. The highest BCUT2D eigenvalue weighted by Gasteiger charge is 2.59. The van der Waals surface area contributed by atoms with Crippen molar-refractivity contribution in [2.24, 2.45) is 0 Å². The molecule has 3 atom stereocenters. The van der Waals surface area contributed by atoms with E-state index < -0.39 is 11.2 Å². The Bertz CT molecular complexity index is 884. The molecule has 4 rings (SSSR count). The molecule has 1 N–H and O–H groups in total. The van der Waals surface area contributed by atoms with Gasteiger partial charge in [-0.1, -0.05) is 30.3 Å². The lowest BCUT2D eigenvalue weighted by molar-refractivity contribution is -0.384. The Labute approximate surface area is 162 Å². The van der Waals surface area contributed by atoms with Crippen LogP contribution in [0.5, 0.6) is 0 Å². The van der Waals surface area contributed by atoms with Crippen LogP contribution in [0.25, 0.3) is 0 Å². The van der Waals surface area contributed by atoms with E-state index in [0.717, 1.165) is 5.56 Å². The molecule has 2 aromatic carbocycles. The van der Waals surface area contributed by atoms with Gasteiger partial charge in [0.15, 0.2) is 6.23 Å². The van der Waals surface area contributed by atoms with Crippen molar-refractivity contribution < 1.29 is 19.2 Å². The van der Waals surface area contributed by atoms with E-state index in [1.165, 1.54) is 24.3 Å².